The number of amides is 1. The summed E-state index contributed by atoms with van der Waals surface area (Å²) in [4.78, 5) is 14.2. The van der Waals surface area contributed by atoms with Gasteiger partial charge in [-0.05, 0) is 37.5 Å². The van der Waals surface area contributed by atoms with Crippen molar-refractivity contribution in [2.45, 2.75) is 31.8 Å². The molecule has 1 aliphatic heterocycles. The molecule has 0 radical (unpaired) electrons. The molecule has 1 fully saturated rings. The van der Waals surface area contributed by atoms with E-state index in [4.69, 9.17) is 17.3 Å². The van der Waals surface area contributed by atoms with Gasteiger partial charge >= 0.3 is 0 Å². The predicted octanol–water partition coefficient (Wildman–Crippen LogP) is 1.94. The van der Waals surface area contributed by atoms with E-state index in [-0.39, 0.29) is 11.9 Å². The number of nitrogens with zero attached hydrogens (tertiary/aromatic N) is 1. The average Bonchev–Trinajstić information content (AvgIpc) is 2.42. The molecular weight excluding hydrogens is 274 g/mol. The van der Waals surface area contributed by atoms with Crippen LogP contribution in [0.1, 0.15) is 31.4 Å². The number of piperidine rings is 1. The fourth-order valence-corrected chi connectivity index (χ4v) is 2.56. The van der Waals surface area contributed by atoms with E-state index in [1.54, 1.807) is 0 Å². The zero-order chi connectivity index (χ0) is 14.5. The lowest BCUT2D eigenvalue weighted by atomic mass is 10.1. The first-order valence-electron chi connectivity index (χ1n) is 7.07. The van der Waals surface area contributed by atoms with Crippen LogP contribution in [0.2, 0.25) is 5.02 Å². The number of nitrogens with two attached hydrogens (primary N) is 1. The number of hydrogen-bond donors (Lipinski definition) is 2. The van der Waals surface area contributed by atoms with Crippen LogP contribution in [-0.2, 0) is 4.79 Å². The summed E-state index contributed by atoms with van der Waals surface area (Å²) >= 11 is 5.86. The van der Waals surface area contributed by atoms with E-state index in [9.17, 15) is 4.79 Å². The number of nitrogens with one attached hydrogen (secondary N) is 1. The van der Waals surface area contributed by atoms with Crippen LogP contribution in [0.4, 0.5) is 0 Å². The second-order valence-corrected chi connectivity index (χ2v) is 5.89. The molecule has 3 N–H and O–H groups in total. The van der Waals surface area contributed by atoms with E-state index < -0.39 is 0 Å². The third-order valence-electron chi connectivity index (χ3n) is 3.75. The monoisotopic (exact) mass is 295 g/mol. The summed E-state index contributed by atoms with van der Waals surface area (Å²) in [6, 6.07) is 7.84. The van der Waals surface area contributed by atoms with Gasteiger partial charge in [-0.3, -0.25) is 9.69 Å². The van der Waals surface area contributed by atoms with Crippen LogP contribution in [0.15, 0.2) is 24.3 Å². The van der Waals surface area contributed by atoms with Gasteiger partial charge in [-0.15, -0.1) is 0 Å². The van der Waals surface area contributed by atoms with Crippen LogP contribution in [-0.4, -0.2) is 36.5 Å². The van der Waals surface area contributed by atoms with Gasteiger partial charge in [0.25, 0.3) is 0 Å². The predicted molar refractivity (Wildman–Crippen MR) is 81.7 cm³/mol. The minimum absolute atomic E-state index is 0.00758. The molecule has 1 aromatic rings. The molecule has 1 heterocycles. The Morgan fingerprint density at radius 2 is 2.00 bits per heavy atom. The molecule has 2 rings (SSSR count). The van der Waals surface area contributed by atoms with E-state index in [1.165, 1.54) is 0 Å². The summed E-state index contributed by atoms with van der Waals surface area (Å²) < 4.78 is 0. The van der Waals surface area contributed by atoms with Gasteiger partial charge < -0.3 is 11.1 Å². The molecule has 0 bridgehead atoms. The van der Waals surface area contributed by atoms with Crippen molar-refractivity contribution >= 4 is 17.5 Å². The van der Waals surface area contributed by atoms with E-state index in [2.05, 4.69) is 10.2 Å². The van der Waals surface area contributed by atoms with Gasteiger partial charge in [0, 0.05) is 24.2 Å². The van der Waals surface area contributed by atoms with Crippen LogP contribution in [0.25, 0.3) is 0 Å². The van der Waals surface area contributed by atoms with Gasteiger partial charge in [-0.1, -0.05) is 23.7 Å². The number of hydrogen-bond acceptors (Lipinski definition) is 3. The number of carbonyl (C=O) groups excluding carboxylic acids is 1. The van der Waals surface area contributed by atoms with Crippen LogP contribution in [0, 0.1) is 0 Å². The van der Waals surface area contributed by atoms with Gasteiger partial charge in [0.15, 0.2) is 0 Å². The summed E-state index contributed by atoms with van der Waals surface area (Å²) in [6.07, 6.45) is 1.94. The molecule has 5 heteroatoms. The highest BCUT2D eigenvalue weighted by Gasteiger charge is 2.19. The number of rotatable bonds is 4. The molecule has 0 spiro atoms. The smallest absolute Gasteiger partial charge is 0.234 e. The van der Waals surface area contributed by atoms with Gasteiger partial charge in [-0.25, -0.2) is 0 Å². The first-order valence-corrected chi connectivity index (χ1v) is 7.45. The Hall–Kier alpha value is -1.10. The SMILES string of the molecule is C[C@H](NC(=O)CN1CCC(N)CC1)c1ccc(Cl)cc1. The van der Waals surface area contributed by atoms with E-state index in [1.807, 2.05) is 31.2 Å². The van der Waals surface area contributed by atoms with Crippen LogP contribution in [0.3, 0.4) is 0 Å². The maximum absolute atomic E-state index is 12.0. The van der Waals surface area contributed by atoms with Gasteiger partial charge in [0.1, 0.15) is 0 Å². The number of benzene rings is 1. The Labute approximate surface area is 125 Å². The Balaban J connectivity index is 1.80. The molecule has 1 aromatic carbocycles. The number of halogens is 1. The molecule has 1 aliphatic rings. The molecule has 1 atom stereocenters. The zero-order valence-corrected chi connectivity index (χ0v) is 12.6. The maximum Gasteiger partial charge on any atom is 0.234 e. The van der Waals surface area contributed by atoms with Gasteiger partial charge in [-0.2, -0.15) is 0 Å². The average molecular weight is 296 g/mol. The standard InChI is InChI=1S/C15H22ClN3O/c1-11(12-2-4-13(16)5-3-12)18-15(20)10-19-8-6-14(17)7-9-19/h2-5,11,14H,6-10,17H2,1H3,(H,18,20)/t11-/m0/s1. The number of likely N-dealkylation sites (tertiary alicyclic amines) is 1. The Morgan fingerprint density at radius 1 is 1.40 bits per heavy atom. The third-order valence-corrected chi connectivity index (χ3v) is 4.00. The van der Waals surface area contributed by atoms with Gasteiger partial charge in [0.05, 0.1) is 12.6 Å². The highest BCUT2D eigenvalue weighted by atomic mass is 35.5. The molecule has 4 nitrogen and oxygen atoms in total. The fourth-order valence-electron chi connectivity index (χ4n) is 2.44. The molecule has 0 unspecified atom stereocenters. The van der Waals surface area contributed by atoms with E-state index in [0.29, 0.717) is 17.6 Å². The fraction of sp³-hybridized carbons (Fsp3) is 0.533. The van der Waals surface area contributed by atoms with Crippen LogP contribution >= 0.6 is 11.6 Å². The Bertz CT molecular complexity index is 441. The largest absolute Gasteiger partial charge is 0.348 e. The van der Waals surface area contributed by atoms with Crippen molar-refractivity contribution in [3.63, 3.8) is 0 Å². The lowest BCUT2D eigenvalue weighted by Gasteiger charge is -2.29. The minimum atomic E-state index is -0.00758. The Morgan fingerprint density at radius 3 is 2.60 bits per heavy atom. The molecule has 1 amide bonds. The van der Waals surface area contributed by atoms with Crippen molar-refractivity contribution < 1.29 is 4.79 Å². The minimum Gasteiger partial charge on any atom is -0.348 e. The second-order valence-electron chi connectivity index (χ2n) is 5.45. The molecule has 110 valence electrons. The lowest BCUT2D eigenvalue weighted by molar-refractivity contribution is -0.123. The Kier molecular flexibility index (Phi) is 5.40. The first kappa shape index (κ1) is 15.3. The topological polar surface area (TPSA) is 58.4 Å². The highest BCUT2D eigenvalue weighted by Crippen LogP contribution is 2.16. The summed E-state index contributed by atoms with van der Waals surface area (Å²) in [5.74, 6) is 0.0583. The molecule has 0 saturated carbocycles. The molecular formula is C15H22ClN3O. The summed E-state index contributed by atoms with van der Waals surface area (Å²) in [5, 5.41) is 3.72. The van der Waals surface area contributed by atoms with E-state index >= 15 is 0 Å². The molecule has 0 aromatic heterocycles. The summed E-state index contributed by atoms with van der Waals surface area (Å²) in [5.41, 5.74) is 6.92. The van der Waals surface area contributed by atoms with Crippen LogP contribution in [0.5, 0.6) is 0 Å². The summed E-state index contributed by atoms with van der Waals surface area (Å²) in [6.45, 7) is 4.24. The van der Waals surface area contributed by atoms with Crippen molar-refractivity contribution in [1.29, 1.82) is 0 Å². The molecule has 20 heavy (non-hydrogen) atoms. The zero-order valence-electron chi connectivity index (χ0n) is 11.8. The summed E-state index contributed by atoms with van der Waals surface area (Å²) in [7, 11) is 0. The normalized spacial score (nSPS) is 18.8. The van der Waals surface area contributed by atoms with Crippen molar-refractivity contribution in [3.05, 3.63) is 34.9 Å². The molecule has 0 aliphatic carbocycles. The van der Waals surface area contributed by atoms with Crippen molar-refractivity contribution in [1.82, 2.24) is 10.2 Å². The van der Waals surface area contributed by atoms with Crippen molar-refractivity contribution in [2.24, 2.45) is 5.73 Å². The van der Waals surface area contributed by atoms with E-state index in [0.717, 1.165) is 31.5 Å². The quantitative estimate of drug-likeness (QED) is 0.892. The van der Waals surface area contributed by atoms with Crippen LogP contribution < -0.4 is 11.1 Å². The first-order chi connectivity index (χ1) is 9.54. The van der Waals surface area contributed by atoms with Crippen molar-refractivity contribution in [3.8, 4) is 0 Å². The molecule has 1 saturated heterocycles. The maximum atomic E-state index is 12.0. The van der Waals surface area contributed by atoms with Gasteiger partial charge in [0.2, 0.25) is 5.91 Å². The third kappa shape index (κ3) is 4.47. The van der Waals surface area contributed by atoms with Crippen molar-refractivity contribution in [2.75, 3.05) is 19.6 Å². The second kappa shape index (κ2) is 7.07. The highest BCUT2D eigenvalue weighted by molar-refractivity contribution is 6.30. The lowest BCUT2D eigenvalue weighted by Crippen LogP contribution is -2.44. The number of carbonyl (C=O) groups is 1.